The Balaban J connectivity index is 1.59. The van der Waals surface area contributed by atoms with Crippen LogP contribution in [-0.2, 0) is 14.8 Å². The van der Waals surface area contributed by atoms with Crippen molar-refractivity contribution < 1.29 is 28.0 Å². The van der Waals surface area contributed by atoms with Gasteiger partial charge in [-0.05, 0) is 48.7 Å². The number of rotatable bonds is 9. The molecule has 3 rings (SSSR count). The zero-order valence-electron chi connectivity index (χ0n) is 16.6. The number of carbonyl (C=O) groups excluding carboxylic acids is 1. The number of ether oxygens (including phenoxy) is 1. The van der Waals surface area contributed by atoms with E-state index in [9.17, 15) is 28.4 Å². The quantitative estimate of drug-likeness (QED) is 0.388. The van der Waals surface area contributed by atoms with Gasteiger partial charge < -0.3 is 15.2 Å². The molecule has 1 heterocycles. The molecule has 1 saturated heterocycles. The number of sulfonamides is 1. The minimum atomic E-state index is -3.80. The van der Waals surface area contributed by atoms with Crippen LogP contribution in [0.2, 0.25) is 0 Å². The van der Waals surface area contributed by atoms with Gasteiger partial charge in [0, 0.05) is 37.4 Å². The van der Waals surface area contributed by atoms with Crippen molar-refractivity contribution in [2.45, 2.75) is 29.9 Å². The minimum Gasteiger partial charge on any atom is -0.387 e. The average Bonchev–Trinajstić information content (AvgIpc) is 3.30. The topological polar surface area (TPSA) is 148 Å². The minimum absolute atomic E-state index is 0.0472. The summed E-state index contributed by atoms with van der Waals surface area (Å²) in [6, 6.07) is 10.9. The van der Waals surface area contributed by atoms with Crippen molar-refractivity contribution in [1.29, 1.82) is 0 Å². The first kappa shape index (κ1) is 22.8. The van der Waals surface area contributed by atoms with Crippen LogP contribution in [0.15, 0.2) is 53.4 Å². The molecule has 2 atom stereocenters. The summed E-state index contributed by atoms with van der Waals surface area (Å²) in [5, 5.41) is 23.4. The highest BCUT2D eigenvalue weighted by atomic mass is 32.2. The summed E-state index contributed by atoms with van der Waals surface area (Å²) in [5.41, 5.74) is 0.419. The molecule has 1 fully saturated rings. The van der Waals surface area contributed by atoms with E-state index in [1.807, 2.05) is 0 Å². The van der Waals surface area contributed by atoms with E-state index in [1.165, 1.54) is 48.5 Å². The van der Waals surface area contributed by atoms with Crippen LogP contribution in [0.4, 0.5) is 5.69 Å². The molecule has 2 aromatic rings. The summed E-state index contributed by atoms with van der Waals surface area (Å²) >= 11 is 0. The monoisotopic (exact) mass is 449 g/mol. The summed E-state index contributed by atoms with van der Waals surface area (Å²) in [7, 11) is -3.80. The summed E-state index contributed by atoms with van der Waals surface area (Å²) in [6.07, 6.45) is 0.461. The predicted octanol–water partition coefficient (Wildman–Crippen LogP) is 1.52. The van der Waals surface area contributed by atoms with Crippen LogP contribution >= 0.6 is 0 Å². The molecule has 1 amide bonds. The second kappa shape index (κ2) is 9.96. The van der Waals surface area contributed by atoms with Gasteiger partial charge in [-0.15, -0.1) is 0 Å². The number of hydrogen-bond acceptors (Lipinski definition) is 7. The number of hydrogen-bond donors (Lipinski definition) is 3. The number of nitro benzene ring substituents is 1. The van der Waals surface area contributed by atoms with Crippen molar-refractivity contribution in [2.24, 2.45) is 0 Å². The van der Waals surface area contributed by atoms with Crippen LogP contribution in [0.1, 0.15) is 34.9 Å². The van der Waals surface area contributed by atoms with Gasteiger partial charge in [-0.1, -0.05) is 6.07 Å². The van der Waals surface area contributed by atoms with Gasteiger partial charge in [-0.3, -0.25) is 14.9 Å². The molecule has 2 aromatic carbocycles. The van der Waals surface area contributed by atoms with Crippen molar-refractivity contribution in [1.82, 2.24) is 10.0 Å². The van der Waals surface area contributed by atoms with E-state index >= 15 is 0 Å². The lowest BCUT2D eigenvalue weighted by molar-refractivity contribution is -0.384. The molecule has 0 radical (unpaired) electrons. The van der Waals surface area contributed by atoms with Crippen LogP contribution in [0.5, 0.6) is 0 Å². The first-order valence-electron chi connectivity index (χ1n) is 9.68. The van der Waals surface area contributed by atoms with E-state index in [4.69, 9.17) is 4.74 Å². The van der Waals surface area contributed by atoms with Gasteiger partial charge in [-0.2, -0.15) is 0 Å². The number of non-ortho nitro benzene ring substituents is 1. The first-order valence-corrected chi connectivity index (χ1v) is 11.2. The van der Waals surface area contributed by atoms with Crippen molar-refractivity contribution in [3.05, 3.63) is 69.8 Å². The summed E-state index contributed by atoms with van der Waals surface area (Å²) in [4.78, 5) is 22.5. The number of nitro groups is 1. The third-order valence-corrected chi connectivity index (χ3v) is 6.30. The Hall–Kier alpha value is -2.86. The molecule has 0 saturated carbocycles. The molecular formula is C20H23N3O7S. The summed E-state index contributed by atoms with van der Waals surface area (Å²) < 4.78 is 32.9. The van der Waals surface area contributed by atoms with Crippen molar-refractivity contribution in [3.63, 3.8) is 0 Å². The third-order valence-electron chi connectivity index (χ3n) is 4.88. The second-order valence-electron chi connectivity index (χ2n) is 7.09. The van der Waals surface area contributed by atoms with Gasteiger partial charge in [0.25, 0.3) is 11.6 Å². The van der Waals surface area contributed by atoms with Gasteiger partial charge >= 0.3 is 0 Å². The van der Waals surface area contributed by atoms with Crippen molar-refractivity contribution in [2.75, 3.05) is 19.7 Å². The fourth-order valence-corrected chi connectivity index (χ4v) is 4.24. The second-order valence-corrected chi connectivity index (χ2v) is 8.86. The Labute approximate surface area is 179 Å². The lowest BCUT2D eigenvalue weighted by Crippen LogP contribution is -2.32. The Morgan fingerprint density at radius 1 is 1.26 bits per heavy atom. The molecule has 11 heteroatoms. The van der Waals surface area contributed by atoms with Crippen molar-refractivity contribution >= 4 is 21.6 Å². The number of carbonyl (C=O) groups is 1. The zero-order chi connectivity index (χ0) is 22.4. The number of nitrogens with one attached hydrogen (secondary N) is 2. The van der Waals surface area contributed by atoms with Gasteiger partial charge in [0.2, 0.25) is 10.0 Å². The number of aliphatic hydroxyl groups is 1. The highest BCUT2D eigenvalue weighted by molar-refractivity contribution is 7.89. The highest BCUT2D eigenvalue weighted by Gasteiger charge is 2.21. The Bertz CT molecular complexity index is 1030. The lowest BCUT2D eigenvalue weighted by Gasteiger charge is -2.13. The first-order chi connectivity index (χ1) is 14.8. The number of benzene rings is 2. The largest absolute Gasteiger partial charge is 0.387 e. The molecule has 1 aliphatic heterocycles. The SMILES string of the molecule is O=C(NCC(O)c1ccc([N+](=O)[O-])cc1)c1cccc(S(=O)(=O)NCC2CCCO2)c1. The smallest absolute Gasteiger partial charge is 0.269 e. The molecule has 3 N–H and O–H groups in total. The standard InChI is InChI=1S/C20H23N3O7S/c24-19(14-6-8-16(9-7-14)23(26)27)13-21-20(25)15-3-1-5-18(11-15)31(28,29)22-12-17-4-2-10-30-17/h1,3,5-9,11,17,19,22,24H,2,4,10,12-13H2,(H,21,25). The van der Waals surface area contributed by atoms with Gasteiger partial charge in [0.05, 0.1) is 22.0 Å². The van der Waals surface area contributed by atoms with Gasteiger partial charge in [0.1, 0.15) is 0 Å². The molecule has 0 spiro atoms. The van der Waals surface area contributed by atoms with Gasteiger partial charge in [-0.25, -0.2) is 13.1 Å². The summed E-state index contributed by atoms with van der Waals surface area (Å²) in [6.45, 7) is 0.638. The molecule has 1 aliphatic rings. The molecule has 10 nitrogen and oxygen atoms in total. The zero-order valence-corrected chi connectivity index (χ0v) is 17.4. The van der Waals surface area contributed by atoms with E-state index in [0.717, 1.165) is 12.8 Å². The normalized spacial score (nSPS) is 17.3. The molecule has 0 bridgehead atoms. The number of aliphatic hydroxyl groups excluding tert-OH is 1. The van der Waals surface area contributed by atoms with Crippen molar-refractivity contribution in [3.8, 4) is 0 Å². The fraction of sp³-hybridized carbons (Fsp3) is 0.350. The Morgan fingerprint density at radius 3 is 2.65 bits per heavy atom. The average molecular weight is 449 g/mol. The molecule has 0 aromatic heterocycles. The van der Waals surface area contributed by atoms with Crippen LogP contribution < -0.4 is 10.0 Å². The van der Waals surface area contributed by atoms with Crippen LogP contribution in [-0.4, -0.2) is 50.2 Å². The third kappa shape index (κ3) is 6.07. The highest BCUT2D eigenvalue weighted by Crippen LogP contribution is 2.18. The van der Waals surface area contributed by atoms with Crippen LogP contribution in [0.3, 0.4) is 0 Å². The maximum absolute atomic E-state index is 12.5. The number of amides is 1. The number of nitrogens with zero attached hydrogens (tertiary/aromatic N) is 1. The molecule has 166 valence electrons. The lowest BCUT2D eigenvalue weighted by atomic mass is 10.1. The van der Waals surface area contributed by atoms with E-state index in [-0.39, 0.29) is 35.3 Å². The Kier molecular flexibility index (Phi) is 7.33. The molecule has 2 unspecified atom stereocenters. The van der Waals surface area contributed by atoms with Crippen LogP contribution in [0.25, 0.3) is 0 Å². The maximum atomic E-state index is 12.5. The predicted molar refractivity (Wildman–Crippen MR) is 111 cm³/mol. The summed E-state index contributed by atoms with van der Waals surface area (Å²) in [5.74, 6) is -0.558. The van der Waals surface area contributed by atoms with E-state index < -0.39 is 27.0 Å². The molecular weight excluding hydrogens is 426 g/mol. The van der Waals surface area contributed by atoms with E-state index in [0.29, 0.717) is 12.2 Å². The van der Waals surface area contributed by atoms with Gasteiger partial charge in [0.15, 0.2) is 0 Å². The fourth-order valence-electron chi connectivity index (χ4n) is 3.12. The maximum Gasteiger partial charge on any atom is 0.269 e. The van der Waals surface area contributed by atoms with Crippen LogP contribution in [0, 0.1) is 10.1 Å². The molecule has 31 heavy (non-hydrogen) atoms. The van der Waals surface area contributed by atoms with E-state index in [1.54, 1.807) is 0 Å². The Morgan fingerprint density at radius 2 is 2.00 bits per heavy atom. The molecule has 0 aliphatic carbocycles. The van der Waals surface area contributed by atoms with E-state index in [2.05, 4.69) is 10.0 Å².